The summed E-state index contributed by atoms with van der Waals surface area (Å²) in [6, 6.07) is 1.54. The van der Waals surface area contributed by atoms with Crippen LogP contribution in [0.15, 0.2) is 6.07 Å². The van der Waals surface area contributed by atoms with Crippen LogP contribution in [0.5, 0.6) is 0 Å². The van der Waals surface area contributed by atoms with Crippen LogP contribution in [-0.2, 0) is 19.3 Å². The molecular formula is C8H13BF3KN2. The molecule has 2 nitrogen and oxygen atoms in total. The fourth-order valence-corrected chi connectivity index (χ4v) is 1.36. The van der Waals surface area contributed by atoms with Crippen LogP contribution in [0.25, 0.3) is 0 Å². The van der Waals surface area contributed by atoms with Crippen LogP contribution in [0, 0.1) is 0 Å². The van der Waals surface area contributed by atoms with Crippen LogP contribution in [0.3, 0.4) is 0 Å². The largest absolute Gasteiger partial charge is 1.00 e. The van der Waals surface area contributed by atoms with E-state index in [0.717, 1.165) is 5.69 Å². The van der Waals surface area contributed by atoms with Gasteiger partial charge in [0.2, 0.25) is 0 Å². The van der Waals surface area contributed by atoms with Gasteiger partial charge < -0.3 is 12.9 Å². The molecule has 0 aliphatic carbocycles. The molecule has 0 aromatic carbocycles. The topological polar surface area (TPSA) is 17.8 Å². The van der Waals surface area contributed by atoms with E-state index >= 15 is 0 Å². The van der Waals surface area contributed by atoms with Crippen molar-refractivity contribution < 1.29 is 64.3 Å². The number of hydrogen-bond acceptors (Lipinski definition) is 1. The monoisotopic (exact) mass is 244 g/mol. The number of aryl methyl sites for hydroxylation is 2. The van der Waals surface area contributed by atoms with Crippen molar-refractivity contribution in [2.45, 2.75) is 33.1 Å². The van der Waals surface area contributed by atoms with E-state index in [1.807, 2.05) is 6.92 Å². The molecule has 1 aromatic rings. The molecule has 0 N–H and O–H groups in total. The summed E-state index contributed by atoms with van der Waals surface area (Å²) < 4.78 is 38.0. The van der Waals surface area contributed by atoms with Gasteiger partial charge in [-0.15, -0.1) is 0 Å². The maximum Gasteiger partial charge on any atom is 1.00 e. The first-order chi connectivity index (χ1) is 6.46. The van der Waals surface area contributed by atoms with Crippen LogP contribution in [0.1, 0.15) is 25.2 Å². The van der Waals surface area contributed by atoms with Gasteiger partial charge in [-0.2, -0.15) is 5.10 Å². The van der Waals surface area contributed by atoms with Crippen LogP contribution < -0.4 is 51.4 Å². The van der Waals surface area contributed by atoms with Crippen LogP contribution >= 0.6 is 0 Å². The minimum absolute atomic E-state index is 0. The number of hydrogen-bond donors (Lipinski definition) is 0. The van der Waals surface area contributed by atoms with Crippen molar-refractivity contribution in [2.75, 3.05) is 0 Å². The molecule has 0 spiro atoms. The Morgan fingerprint density at radius 2 is 1.93 bits per heavy atom. The van der Waals surface area contributed by atoms with Gasteiger partial charge in [0.1, 0.15) is 0 Å². The molecule has 0 saturated heterocycles. The molecule has 0 atom stereocenters. The molecule has 80 valence electrons. The minimum Gasteiger partial charge on any atom is -0.449 e. The number of halogens is 3. The second-order valence-electron chi connectivity index (χ2n) is 3.21. The molecule has 0 saturated carbocycles. The van der Waals surface area contributed by atoms with Crippen molar-refractivity contribution in [1.29, 1.82) is 0 Å². The summed E-state index contributed by atoms with van der Waals surface area (Å²) in [7, 11) is 0. The summed E-state index contributed by atoms with van der Waals surface area (Å²) in [6.45, 7) is -0.604. The van der Waals surface area contributed by atoms with E-state index < -0.39 is 13.3 Å². The zero-order chi connectivity index (χ0) is 10.8. The summed E-state index contributed by atoms with van der Waals surface area (Å²) >= 11 is 0. The van der Waals surface area contributed by atoms with Gasteiger partial charge >= 0.3 is 58.4 Å². The Morgan fingerprint density at radius 3 is 2.33 bits per heavy atom. The summed E-state index contributed by atoms with van der Waals surface area (Å²) in [5.74, 6) is 0. The van der Waals surface area contributed by atoms with E-state index in [1.54, 1.807) is 13.0 Å². The van der Waals surface area contributed by atoms with Gasteiger partial charge in [0.25, 0.3) is 0 Å². The van der Waals surface area contributed by atoms with Gasteiger partial charge in [0.05, 0.1) is 5.69 Å². The van der Waals surface area contributed by atoms with E-state index in [1.165, 1.54) is 4.68 Å². The minimum atomic E-state index is -4.76. The third-order valence-electron chi connectivity index (χ3n) is 2.02. The number of aromatic nitrogens is 2. The van der Waals surface area contributed by atoms with E-state index in [9.17, 15) is 12.9 Å². The average Bonchev–Trinajstić information content (AvgIpc) is 2.44. The van der Waals surface area contributed by atoms with Gasteiger partial charge in [0, 0.05) is 12.2 Å². The zero-order valence-electron chi connectivity index (χ0n) is 9.30. The molecule has 1 aromatic heterocycles. The molecule has 0 fully saturated rings. The smallest absolute Gasteiger partial charge is 0.449 e. The Kier molecular flexibility index (Phi) is 6.74. The first-order valence-electron chi connectivity index (χ1n) is 4.73. The molecule has 15 heavy (non-hydrogen) atoms. The van der Waals surface area contributed by atoms with Gasteiger partial charge in [0.15, 0.2) is 0 Å². The first-order valence-corrected chi connectivity index (χ1v) is 4.73. The van der Waals surface area contributed by atoms with E-state index in [-0.39, 0.29) is 57.1 Å². The van der Waals surface area contributed by atoms with Crippen molar-refractivity contribution in [1.82, 2.24) is 9.78 Å². The Labute approximate surface area is 130 Å². The predicted molar refractivity (Wildman–Crippen MR) is 50.1 cm³/mol. The first kappa shape index (κ1) is 15.7. The Hall–Kier alpha value is 0.701. The normalized spacial score (nSPS) is 11.3. The Morgan fingerprint density at radius 1 is 1.33 bits per heavy atom. The van der Waals surface area contributed by atoms with E-state index in [0.29, 0.717) is 13.0 Å². The standard InChI is InChI=1S/C8H13BF3N2.K/c1-3-7-5-8(6-9(10,11)12)14(4-2)13-7;/h5H,3-4,6H2,1-2H3;/q-1;+1. The molecule has 0 radical (unpaired) electrons. The van der Waals surface area contributed by atoms with E-state index in [2.05, 4.69) is 5.10 Å². The maximum atomic E-state index is 12.2. The zero-order valence-corrected chi connectivity index (χ0v) is 12.4. The fourth-order valence-electron chi connectivity index (χ4n) is 1.36. The van der Waals surface area contributed by atoms with Gasteiger partial charge in [-0.3, -0.25) is 4.68 Å². The van der Waals surface area contributed by atoms with Crippen molar-refractivity contribution in [3.8, 4) is 0 Å². The molecule has 0 aliphatic rings. The quantitative estimate of drug-likeness (QED) is 0.647. The molecule has 0 aliphatic heterocycles. The van der Waals surface area contributed by atoms with Gasteiger partial charge in [-0.25, -0.2) is 0 Å². The Bertz CT molecular complexity index is 311. The third kappa shape index (κ3) is 5.04. The van der Waals surface area contributed by atoms with Gasteiger partial charge in [-0.05, 0) is 25.7 Å². The van der Waals surface area contributed by atoms with Crippen molar-refractivity contribution in [3.63, 3.8) is 0 Å². The van der Waals surface area contributed by atoms with Crippen LogP contribution in [0.2, 0.25) is 0 Å². The number of rotatable bonds is 4. The predicted octanol–water partition coefficient (Wildman–Crippen LogP) is -0.601. The summed E-state index contributed by atoms with van der Waals surface area (Å²) in [4.78, 5) is 0. The average molecular weight is 244 g/mol. The third-order valence-corrected chi connectivity index (χ3v) is 2.02. The summed E-state index contributed by atoms with van der Waals surface area (Å²) in [6.07, 6.45) is -0.161. The molecule has 7 heteroatoms. The SMILES string of the molecule is CCc1cc(C[B-](F)(F)F)n(CC)n1.[K+]. The van der Waals surface area contributed by atoms with E-state index in [4.69, 9.17) is 0 Å². The second-order valence-corrected chi connectivity index (χ2v) is 3.21. The summed E-state index contributed by atoms with van der Waals surface area (Å²) in [5, 5.41) is 4.06. The van der Waals surface area contributed by atoms with Crippen molar-refractivity contribution >= 4 is 6.98 Å². The van der Waals surface area contributed by atoms with Crippen LogP contribution in [-0.4, -0.2) is 16.8 Å². The number of nitrogens with zero attached hydrogens (tertiary/aromatic N) is 2. The Balaban J connectivity index is 0.00000196. The molecule has 0 amide bonds. The molecule has 0 unspecified atom stereocenters. The maximum absolute atomic E-state index is 12.2. The molecule has 1 rings (SSSR count). The second kappa shape index (κ2) is 6.44. The van der Waals surface area contributed by atoms with Crippen LogP contribution in [0.4, 0.5) is 12.9 Å². The van der Waals surface area contributed by atoms with Gasteiger partial charge in [-0.1, -0.05) is 6.92 Å². The molecule has 1 heterocycles. The summed E-state index contributed by atoms with van der Waals surface area (Å²) in [5.41, 5.74) is 0.999. The fraction of sp³-hybridized carbons (Fsp3) is 0.625. The van der Waals surface area contributed by atoms with Crippen molar-refractivity contribution in [3.05, 3.63) is 17.5 Å². The molecular weight excluding hydrogens is 231 g/mol. The van der Waals surface area contributed by atoms with Crippen molar-refractivity contribution in [2.24, 2.45) is 0 Å². The molecule has 0 bridgehead atoms.